The molecule has 1 aliphatic carbocycles. The minimum atomic E-state index is -1.01. The monoisotopic (exact) mass is 474 g/mol. The van der Waals surface area contributed by atoms with Gasteiger partial charge in [-0.1, -0.05) is 12.1 Å². The summed E-state index contributed by atoms with van der Waals surface area (Å²) in [5.74, 6) is -0.362. The molecule has 2 aromatic carbocycles. The van der Waals surface area contributed by atoms with Gasteiger partial charge in [-0.2, -0.15) is 0 Å². The summed E-state index contributed by atoms with van der Waals surface area (Å²) < 4.78 is 5.26. The molecule has 0 saturated carbocycles. The summed E-state index contributed by atoms with van der Waals surface area (Å²) in [6, 6.07) is 10.6. The van der Waals surface area contributed by atoms with Crippen molar-refractivity contribution in [2.24, 2.45) is 0 Å². The fourth-order valence-electron chi connectivity index (χ4n) is 3.48. The number of rotatable bonds is 8. The first-order chi connectivity index (χ1) is 16.1. The Morgan fingerprint density at radius 3 is 2.50 bits per heavy atom. The van der Waals surface area contributed by atoms with Gasteiger partial charge < -0.3 is 35.4 Å². The number of phenols is 1. The molecule has 9 heteroatoms. The molecular weight excluding hydrogens is 440 g/mol. The lowest BCUT2D eigenvalue weighted by atomic mass is 9.88. The molecule has 0 spiro atoms. The van der Waals surface area contributed by atoms with E-state index in [-0.39, 0.29) is 30.9 Å². The first-order valence-electron chi connectivity index (χ1n) is 11.1. The number of aryl methyl sites for hydroxylation is 1. The number of aromatic hydroxyl groups is 1. The molecule has 2 aromatic rings. The Morgan fingerprint density at radius 2 is 1.88 bits per heavy atom. The number of aliphatic hydroxyl groups is 2. The number of carbonyl (C=O) groups is 2. The van der Waals surface area contributed by atoms with Gasteiger partial charge in [-0.3, -0.25) is 4.79 Å². The van der Waals surface area contributed by atoms with E-state index >= 15 is 0 Å². The number of benzene rings is 2. The zero-order valence-corrected chi connectivity index (χ0v) is 19.8. The summed E-state index contributed by atoms with van der Waals surface area (Å²) in [6.07, 6.45) is 1.85. The van der Waals surface area contributed by atoms with Gasteiger partial charge in [0.2, 0.25) is 5.91 Å². The van der Waals surface area contributed by atoms with Crippen LogP contribution in [0.25, 0.3) is 0 Å². The van der Waals surface area contributed by atoms with Crippen molar-refractivity contribution < 1.29 is 34.8 Å². The molecule has 0 aliphatic heterocycles. The van der Waals surface area contributed by atoms with Gasteiger partial charge >= 0.3 is 5.97 Å². The van der Waals surface area contributed by atoms with E-state index in [1.54, 1.807) is 32.3 Å². The van der Waals surface area contributed by atoms with E-state index in [4.69, 9.17) is 9.84 Å². The number of nitrogens with zero attached hydrogens (tertiary/aromatic N) is 1. The second-order valence-corrected chi connectivity index (χ2v) is 8.44. The predicted molar refractivity (Wildman–Crippen MR) is 127 cm³/mol. The number of hydrogen-bond donors (Lipinski definition) is 5. The number of hydrogen-bond acceptors (Lipinski definition) is 7. The molecule has 0 fully saturated rings. The number of carboxylic acids is 1. The number of carbonyl (C=O) groups excluding carboxylic acids is 1. The molecule has 1 unspecified atom stereocenters. The highest BCUT2D eigenvalue weighted by Crippen LogP contribution is 2.27. The van der Waals surface area contributed by atoms with Crippen molar-refractivity contribution in [2.75, 3.05) is 27.2 Å². The molecule has 1 aliphatic rings. The molecule has 186 valence electrons. The van der Waals surface area contributed by atoms with Gasteiger partial charge in [-0.15, -0.1) is 0 Å². The van der Waals surface area contributed by atoms with Gasteiger partial charge in [-0.25, -0.2) is 4.79 Å². The molecule has 2 atom stereocenters. The number of fused-ring (bicyclic) bond motifs is 1. The second kappa shape index (κ2) is 12.9. The zero-order valence-electron chi connectivity index (χ0n) is 19.8. The van der Waals surface area contributed by atoms with Crippen LogP contribution < -0.4 is 10.1 Å². The highest BCUT2D eigenvalue weighted by Gasteiger charge is 2.20. The maximum atomic E-state index is 10.7. The minimum absolute atomic E-state index is 0.0104. The van der Waals surface area contributed by atoms with Gasteiger partial charge in [0.1, 0.15) is 11.5 Å². The van der Waals surface area contributed by atoms with Gasteiger partial charge in [0, 0.05) is 39.2 Å². The predicted octanol–water partition coefficient (Wildman–Crippen LogP) is 1.62. The molecular formula is C25H34N2O7. The van der Waals surface area contributed by atoms with Crippen LogP contribution in [0.2, 0.25) is 0 Å². The van der Waals surface area contributed by atoms with Crippen molar-refractivity contribution >= 4 is 11.9 Å². The number of aliphatic hydroxyl groups excluding tert-OH is 2. The summed E-state index contributed by atoms with van der Waals surface area (Å²) in [6.45, 7) is 1.23. The smallest absolute Gasteiger partial charge is 0.341 e. The Labute approximate surface area is 199 Å². The molecule has 1 amide bonds. The van der Waals surface area contributed by atoms with Crippen LogP contribution >= 0.6 is 0 Å². The zero-order chi connectivity index (χ0) is 25.3. The molecule has 34 heavy (non-hydrogen) atoms. The van der Waals surface area contributed by atoms with Crippen LogP contribution in [-0.2, 0) is 29.0 Å². The molecule has 0 saturated heterocycles. The van der Waals surface area contributed by atoms with Crippen molar-refractivity contribution in [1.29, 1.82) is 0 Å². The van der Waals surface area contributed by atoms with E-state index in [1.165, 1.54) is 23.5 Å². The Hall–Kier alpha value is -3.14. The Kier molecular flexibility index (Phi) is 10.3. The lowest BCUT2D eigenvalue weighted by molar-refractivity contribution is -0.139. The quantitative estimate of drug-likeness (QED) is 0.389. The number of carboxylic acid groups (broad SMARTS) is 1. The van der Waals surface area contributed by atoms with Gasteiger partial charge in [-0.05, 0) is 60.2 Å². The van der Waals surface area contributed by atoms with E-state index < -0.39 is 12.1 Å². The Bertz CT molecular complexity index is 978. The average Bonchev–Trinajstić information content (AvgIpc) is 2.81. The van der Waals surface area contributed by atoms with Crippen molar-refractivity contribution in [1.82, 2.24) is 10.2 Å². The third-order valence-electron chi connectivity index (χ3n) is 5.66. The molecule has 0 aromatic heterocycles. The van der Waals surface area contributed by atoms with Crippen LogP contribution in [0.15, 0.2) is 36.4 Å². The van der Waals surface area contributed by atoms with Crippen molar-refractivity contribution in [3.63, 3.8) is 0 Å². The molecule has 0 bridgehead atoms. The summed E-state index contributed by atoms with van der Waals surface area (Å²) in [4.78, 5) is 22.2. The third kappa shape index (κ3) is 8.33. The van der Waals surface area contributed by atoms with Crippen molar-refractivity contribution in [3.8, 4) is 11.5 Å². The fraction of sp³-hybridized carbons (Fsp3) is 0.440. The maximum absolute atomic E-state index is 10.7. The molecule has 0 heterocycles. The van der Waals surface area contributed by atoms with Gasteiger partial charge in [0.25, 0.3) is 0 Å². The van der Waals surface area contributed by atoms with Crippen LogP contribution in [0, 0.1) is 0 Å². The highest BCUT2D eigenvalue weighted by atomic mass is 16.5. The SMILES string of the molecule is CC(=O)N(C)C.O=C(O)COc1ccc2c(c1)C[C@@H](NCC(O)c1ccc(O)c(CO)c1)CC2. The lowest BCUT2D eigenvalue weighted by Gasteiger charge is -2.27. The third-order valence-corrected chi connectivity index (χ3v) is 5.66. The first-order valence-corrected chi connectivity index (χ1v) is 11.1. The van der Waals surface area contributed by atoms with Crippen molar-refractivity contribution in [2.45, 2.75) is 44.9 Å². The Balaban J connectivity index is 0.000000604. The average molecular weight is 475 g/mol. The summed E-state index contributed by atoms with van der Waals surface area (Å²) >= 11 is 0. The van der Waals surface area contributed by atoms with E-state index in [9.17, 15) is 24.9 Å². The fourth-order valence-corrected chi connectivity index (χ4v) is 3.48. The van der Waals surface area contributed by atoms with E-state index in [0.29, 0.717) is 23.4 Å². The summed E-state index contributed by atoms with van der Waals surface area (Å²) in [5, 5.41) is 41.4. The summed E-state index contributed by atoms with van der Waals surface area (Å²) in [7, 11) is 3.45. The van der Waals surface area contributed by atoms with Crippen molar-refractivity contribution in [3.05, 3.63) is 58.7 Å². The second-order valence-electron chi connectivity index (χ2n) is 8.44. The highest BCUT2D eigenvalue weighted by molar-refractivity contribution is 5.72. The molecule has 9 nitrogen and oxygen atoms in total. The largest absolute Gasteiger partial charge is 0.508 e. The first kappa shape index (κ1) is 27.1. The van der Waals surface area contributed by atoms with E-state index in [2.05, 4.69) is 5.32 Å². The normalized spacial score (nSPS) is 15.4. The van der Waals surface area contributed by atoms with Crippen LogP contribution in [0.1, 0.15) is 41.7 Å². The van der Waals surface area contributed by atoms with Crippen LogP contribution in [0.5, 0.6) is 11.5 Å². The maximum Gasteiger partial charge on any atom is 0.341 e. The Morgan fingerprint density at radius 1 is 1.18 bits per heavy atom. The lowest BCUT2D eigenvalue weighted by Crippen LogP contribution is -2.37. The van der Waals surface area contributed by atoms with Crippen LogP contribution in [0.3, 0.4) is 0 Å². The number of amides is 1. The number of nitrogens with one attached hydrogen (secondary N) is 1. The topological polar surface area (TPSA) is 140 Å². The number of aliphatic carboxylic acids is 1. The number of ether oxygens (including phenoxy) is 1. The molecule has 0 radical (unpaired) electrons. The van der Waals surface area contributed by atoms with Gasteiger partial charge in [0.15, 0.2) is 6.61 Å². The van der Waals surface area contributed by atoms with E-state index in [1.807, 2.05) is 12.1 Å². The van der Waals surface area contributed by atoms with Crippen LogP contribution in [0.4, 0.5) is 0 Å². The summed E-state index contributed by atoms with van der Waals surface area (Å²) in [5.41, 5.74) is 3.37. The molecule has 5 N–H and O–H groups in total. The van der Waals surface area contributed by atoms with Crippen LogP contribution in [-0.4, -0.2) is 70.5 Å². The van der Waals surface area contributed by atoms with Gasteiger partial charge in [0.05, 0.1) is 12.7 Å². The standard InChI is InChI=1S/C21H25NO6.C4H9NO/c23-11-16-7-14(3-6-19(16)24)20(25)10-22-17-4-1-13-2-5-18(9-15(13)8-17)28-12-21(26)27;1-4(6)5(2)3/h2-3,5-7,9,17,20,22-25H,1,4,8,10-12H2,(H,26,27);1-3H3/t17-,20?;/m0./s1. The van der Waals surface area contributed by atoms with E-state index in [0.717, 1.165) is 24.8 Å². The minimum Gasteiger partial charge on any atom is -0.508 e. The molecule has 3 rings (SSSR count).